The zero-order valence-corrected chi connectivity index (χ0v) is 11.0. The van der Waals surface area contributed by atoms with Crippen LogP contribution in [-0.2, 0) is 16.1 Å². The molecule has 1 amide bonds. The average molecular weight is 278 g/mol. The van der Waals surface area contributed by atoms with Crippen molar-refractivity contribution >= 4 is 17.6 Å². The van der Waals surface area contributed by atoms with E-state index >= 15 is 0 Å². The minimum absolute atomic E-state index is 0.0723. The molecule has 1 atom stereocenters. The van der Waals surface area contributed by atoms with Crippen LogP contribution in [-0.4, -0.2) is 27.7 Å². The number of benzene rings is 1. The van der Waals surface area contributed by atoms with Crippen LogP contribution in [0.4, 0.5) is 4.39 Å². The molecule has 0 aliphatic carbocycles. The number of carbonyl (C=O) groups excluding carboxylic acids is 1. The van der Waals surface area contributed by atoms with Gasteiger partial charge < -0.3 is 5.11 Å². The van der Waals surface area contributed by atoms with Crippen molar-refractivity contribution in [2.45, 2.75) is 26.3 Å². The second-order valence-corrected chi connectivity index (χ2v) is 4.75. The zero-order valence-electron chi connectivity index (χ0n) is 11.0. The molecular weight excluding hydrogens is 263 g/mol. The Morgan fingerprint density at radius 3 is 2.90 bits per heavy atom. The summed E-state index contributed by atoms with van der Waals surface area (Å²) in [5.74, 6) is -2.01. The monoisotopic (exact) mass is 278 g/mol. The summed E-state index contributed by atoms with van der Waals surface area (Å²) in [6.07, 6.45) is 0.167. The number of nitrogens with zero attached hydrogens (tertiary/aromatic N) is 2. The highest BCUT2D eigenvalue weighted by Crippen LogP contribution is 2.22. The highest BCUT2D eigenvalue weighted by Gasteiger charge is 2.33. The van der Waals surface area contributed by atoms with E-state index in [4.69, 9.17) is 5.11 Å². The number of hydrogen-bond donors (Lipinski definition) is 1. The Bertz CT molecular complexity index is 571. The summed E-state index contributed by atoms with van der Waals surface area (Å²) < 4.78 is 13.1. The fourth-order valence-electron chi connectivity index (χ4n) is 2.19. The quantitative estimate of drug-likeness (QED) is 0.895. The maximum atomic E-state index is 13.1. The molecule has 0 fully saturated rings. The molecule has 1 aliphatic heterocycles. The van der Waals surface area contributed by atoms with E-state index < -0.39 is 11.9 Å². The first kappa shape index (κ1) is 14.2. The van der Waals surface area contributed by atoms with Crippen molar-refractivity contribution in [1.82, 2.24) is 5.01 Å². The third-order valence-electron chi connectivity index (χ3n) is 3.20. The number of carbonyl (C=O) groups is 2. The molecule has 2 rings (SSSR count). The van der Waals surface area contributed by atoms with Gasteiger partial charge in [0.05, 0.1) is 12.5 Å². The van der Waals surface area contributed by atoms with Gasteiger partial charge in [0.25, 0.3) is 5.91 Å². The van der Waals surface area contributed by atoms with Gasteiger partial charge in [-0.3, -0.25) is 9.59 Å². The van der Waals surface area contributed by atoms with Crippen LogP contribution in [0.1, 0.15) is 25.3 Å². The Hall–Kier alpha value is -2.24. The van der Waals surface area contributed by atoms with Crippen LogP contribution in [0.5, 0.6) is 0 Å². The summed E-state index contributed by atoms with van der Waals surface area (Å²) >= 11 is 0. The molecule has 0 bridgehead atoms. The van der Waals surface area contributed by atoms with Gasteiger partial charge in [-0.05, 0) is 31.0 Å². The number of hydrogen-bond acceptors (Lipinski definition) is 3. The summed E-state index contributed by atoms with van der Waals surface area (Å²) in [4.78, 5) is 22.7. The van der Waals surface area contributed by atoms with Crippen molar-refractivity contribution in [1.29, 1.82) is 0 Å². The molecule has 1 aromatic rings. The first-order chi connectivity index (χ1) is 9.47. The summed E-state index contributed by atoms with van der Waals surface area (Å²) in [7, 11) is 0. The molecule has 1 heterocycles. The van der Waals surface area contributed by atoms with Crippen LogP contribution < -0.4 is 0 Å². The smallest absolute Gasteiger partial charge is 0.303 e. The van der Waals surface area contributed by atoms with Crippen molar-refractivity contribution in [3.8, 4) is 0 Å². The standard InChI is InChI=1S/C14H15FN2O3/c1-9-12(5-6-13(18)19)14(20)17(16-9)8-10-3-2-4-11(15)7-10/h2-4,7,12H,5-6,8H2,1H3,(H,18,19). The van der Waals surface area contributed by atoms with Crippen molar-refractivity contribution < 1.29 is 19.1 Å². The van der Waals surface area contributed by atoms with Crippen LogP contribution in [0, 0.1) is 11.7 Å². The molecule has 1 N–H and O–H groups in total. The molecule has 0 saturated carbocycles. The molecule has 106 valence electrons. The lowest BCUT2D eigenvalue weighted by atomic mass is 9.98. The Labute approximate surface area is 115 Å². The lowest BCUT2D eigenvalue weighted by Gasteiger charge is -2.14. The summed E-state index contributed by atoms with van der Waals surface area (Å²) in [6.45, 7) is 1.90. The molecular formula is C14H15FN2O3. The highest BCUT2D eigenvalue weighted by molar-refractivity contribution is 6.06. The first-order valence-corrected chi connectivity index (χ1v) is 6.30. The molecule has 5 nitrogen and oxygen atoms in total. The maximum absolute atomic E-state index is 13.1. The molecule has 1 unspecified atom stereocenters. The van der Waals surface area contributed by atoms with E-state index in [1.807, 2.05) is 0 Å². The predicted octanol–water partition coefficient (Wildman–Crippen LogP) is 2.02. The van der Waals surface area contributed by atoms with E-state index in [1.165, 1.54) is 17.1 Å². The number of aliphatic carboxylic acids is 1. The number of carboxylic acid groups (broad SMARTS) is 1. The van der Waals surface area contributed by atoms with Crippen molar-refractivity contribution in [3.63, 3.8) is 0 Å². The molecule has 0 spiro atoms. The van der Waals surface area contributed by atoms with Crippen molar-refractivity contribution in [2.75, 3.05) is 0 Å². The summed E-state index contributed by atoms with van der Waals surface area (Å²) in [5, 5.41) is 14.1. The average Bonchev–Trinajstić information content (AvgIpc) is 2.62. The number of amides is 1. The Morgan fingerprint density at radius 2 is 2.25 bits per heavy atom. The maximum Gasteiger partial charge on any atom is 0.303 e. The zero-order chi connectivity index (χ0) is 14.7. The normalized spacial score (nSPS) is 18.3. The van der Waals surface area contributed by atoms with Gasteiger partial charge >= 0.3 is 5.97 Å². The lowest BCUT2D eigenvalue weighted by molar-refractivity contribution is -0.137. The minimum atomic E-state index is -0.936. The second-order valence-electron chi connectivity index (χ2n) is 4.75. The summed E-state index contributed by atoms with van der Waals surface area (Å²) in [5.41, 5.74) is 1.25. The van der Waals surface area contributed by atoms with Crippen LogP contribution in [0.25, 0.3) is 0 Å². The summed E-state index contributed by atoms with van der Waals surface area (Å²) in [6, 6.07) is 5.97. The minimum Gasteiger partial charge on any atom is -0.481 e. The topological polar surface area (TPSA) is 70.0 Å². The van der Waals surface area contributed by atoms with Gasteiger partial charge in [-0.25, -0.2) is 9.40 Å². The molecule has 1 aliphatic rings. The van der Waals surface area contributed by atoms with Gasteiger partial charge in [0, 0.05) is 12.1 Å². The SMILES string of the molecule is CC1=NN(Cc2cccc(F)c2)C(=O)C1CCC(=O)O. The van der Waals surface area contributed by atoms with Gasteiger partial charge in [0.15, 0.2) is 0 Å². The van der Waals surface area contributed by atoms with Crippen LogP contribution in [0.15, 0.2) is 29.4 Å². The van der Waals surface area contributed by atoms with Crippen LogP contribution in [0.2, 0.25) is 0 Å². The fourth-order valence-corrected chi connectivity index (χ4v) is 2.19. The van der Waals surface area contributed by atoms with Gasteiger partial charge in [0.2, 0.25) is 0 Å². The van der Waals surface area contributed by atoms with Gasteiger partial charge in [-0.15, -0.1) is 0 Å². The Balaban J connectivity index is 2.04. The number of carboxylic acids is 1. The van der Waals surface area contributed by atoms with E-state index in [-0.39, 0.29) is 31.1 Å². The molecule has 6 heteroatoms. The third-order valence-corrected chi connectivity index (χ3v) is 3.20. The largest absolute Gasteiger partial charge is 0.481 e. The Morgan fingerprint density at radius 1 is 1.50 bits per heavy atom. The molecule has 0 radical (unpaired) electrons. The predicted molar refractivity (Wildman–Crippen MR) is 70.4 cm³/mol. The van der Waals surface area contributed by atoms with Gasteiger partial charge in [-0.2, -0.15) is 5.10 Å². The number of rotatable bonds is 5. The van der Waals surface area contributed by atoms with Crippen LogP contribution >= 0.6 is 0 Å². The van der Waals surface area contributed by atoms with E-state index in [9.17, 15) is 14.0 Å². The Kier molecular flexibility index (Phi) is 4.12. The van der Waals surface area contributed by atoms with Crippen molar-refractivity contribution in [2.24, 2.45) is 11.0 Å². The lowest BCUT2D eigenvalue weighted by Crippen LogP contribution is -2.27. The van der Waals surface area contributed by atoms with Crippen molar-refractivity contribution in [3.05, 3.63) is 35.6 Å². The number of hydrazone groups is 1. The molecule has 0 aromatic heterocycles. The van der Waals surface area contributed by atoms with E-state index in [1.54, 1.807) is 19.1 Å². The molecule has 1 aromatic carbocycles. The van der Waals surface area contributed by atoms with Crippen LogP contribution in [0.3, 0.4) is 0 Å². The van der Waals surface area contributed by atoms with E-state index in [0.717, 1.165) is 0 Å². The molecule has 0 saturated heterocycles. The third kappa shape index (κ3) is 3.20. The molecule has 20 heavy (non-hydrogen) atoms. The van der Waals surface area contributed by atoms with E-state index in [2.05, 4.69) is 5.10 Å². The highest BCUT2D eigenvalue weighted by atomic mass is 19.1. The fraction of sp³-hybridized carbons (Fsp3) is 0.357. The second kappa shape index (κ2) is 5.81. The van der Waals surface area contributed by atoms with Gasteiger partial charge in [0.1, 0.15) is 5.82 Å². The first-order valence-electron chi connectivity index (χ1n) is 6.30. The van der Waals surface area contributed by atoms with Gasteiger partial charge in [-0.1, -0.05) is 12.1 Å². The number of halogens is 1. The van der Waals surface area contributed by atoms with E-state index in [0.29, 0.717) is 11.3 Å².